The number of thiophene rings is 1. The number of carbonyl (C=O) groups is 1. The summed E-state index contributed by atoms with van der Waals surface area (Å²) in [6.07, 6.45) is 13.7. The van der Waals surface area contributed by atoms with E-state index in [4.69, 9.17) is 0 Å². The lowest BCUT2D eigenvalue weighted by atomic mass is 9.78. The van der Waals surface area contributed by atoms with Crippen LogP contribution in [0, 0.1) is 0 Å². The van der Waals surface area contributed by atoms with E-state index in [1.54, 1.807) is 6.33 Å². The van der Waals surface area contributed by atoms with E-state index < -0.39 is 0 Å². The molecular formula is C21H27N5OS. The van der Waals surface area contributed by atoms with Gasteiger partial charge in [0.25, 0.3) is 5.91 Å². The van der Waals surface area contributed by atoms with E-state index in [0.29, 0.717) is 6.04 Å². The molecule has 148 valence electrons. The molecule has 2 saturated carbocycles. The maximum Gasteiger partial charge on any atom is 0.262 e. The topological polar surface area (TPSA) is 78.9 Å². The van der Waals surface area contributed by atoms with E-state index in [1.807, 2.05) is 6.07 Å². The number of amides is 1. The second-order valence-electron chi connectivity index (χ2n) is 8.34. The molecule has 0 radical (unpaired) electrons. The molecule has 3 N–H and O–H groups in total. The average Bonchev–Trinajstić information content (AvgIpc) is 3.23. The summed E-state index contributed by atoms with van der Waals surface area (Å²) < 4.78 is 0. The van der Waals surface area contributed by atoms with Crippen molar-refractivity contribution in [1.82, 2.24) is 15.3 Å². The van der Waals surface area contributed by atoms with E-state index in [9.17, 15) is 4.79 Å². The fourth-order valence-corrected chi connectivity index (χ4v) is 6.02. The van der Waals surface area contributed by atoms with E-state index in [1.165, 1.54) is 68.3 Å². The number of nitrogens with zero attached hydrogens (tertiary/aromatic N) is 2. The van der Waals surface area contributed by atoms with Crippen LogP contribution in [0.2, 0.25) is 0 Å². The number of nitrogens with one attached hydrogen (secondary N) is 3. The summed E-state index contributed by atoms with van der Waals surface area (Å²) in [5.41, 5.74) is 1.04. The highest BCUT2D eigenvalue weighted by Gasteiger charge is 2.44. The molecule has 2 aliphatic carbocycles. The molecular weight excluding hydrogens is 370 g/mol. The zero-order valence-corrected chi connectivity index (χ0v) is 16.9. The molecule has 0 unspecified atom stereocenters. The Morgan fingerprint density at radius 3 is 2.57 bits per heavy atom. The van der Waals surface area contributed by atoms with Crippen molar-refractivity contribution < 1.29 is 4.79 Å². The first kappa shape index (κ1) is 17.9. The first-order valence-corrected chi connectivity index (χ1v) is 11.4. The third-order valence-electron chi connectivity index (χ3n) is 6.39. The van der Waals surface area contributed by atoms with Crippen LogP contribution in [0.1, 0.15) is 79.4 Å². The summed E-state index contributed by atoms with van der Waals surface area (Å²) >= 11 is 1.53. The van der Waals surface area contributed by atoms with Crippen molar-refractivity contribution in [3.05, 3.63) is 28.9 Å². The maximum absolute atomic E-state index is 12.5. The monoisotopic (exact) mass is 397 g/mol. The number of carbonyl (C=O) groups excluding carboxylic acids is 1. The molecule has 5 rings (SSSR count). The van der Waals surface area contributed by atoms with Gasteiger partial charge < -0.3 is 16.0 Å². The van der Waals surface area contributed by atoms with Crippen molar-refractivity contribution >= 4 is 33.9 Å². The second kappa shape index (κ2) is 7.35. The van der Waals surface area contributed by atoms with Gasteiger partial charge in [-0.3, -0.25) is 4.79 Å². The fourth-order valence-electron chi connectivity index (χ4n) is 4.95. The van der Waals surface area contributed by atoms with Gasteiger partial charge in [-0.15, -0.1) is 11.3 Å². The highest BCUT2D eigenvalue weighted by molar-refractivity contribution is 7.18. The smallest absolute Gasteiger partial charge is 0.262 e. The zero-order valence-electron chi connectivity index (χ0n) is 16.1. The van der Waals surface area contributed by atoms with E-state index in [0.717, 1.165) is 34.4 Å². The Bertz CT molecular complexity index is 867. The van der Waals surface area contributed by atoms with Gasteiger partial charge in [-0.05, 0) is 31.7 Å². The Hall–Kier alpha value is -2.15. The Labute approximate surface area is 169 Å². The van der Waals surface area contributed by atoms with Crippen molar-refractivity contribution in [3.63, 3.8) is 0 Å². The molecule has 1 spiro atoms. The van der Waals surface area contributed by atoms with Crippen molar-refractivity contribution in [3.8, 4) is 0 Å². The highest BCUT2D eigenvalue weighted by atomic mass is 32.1. The highest BCUT2D eigenvalue weighted by Crippen LogP contribution is 2.47. The molecule has 1 amide bonds. The molecule has 0 aromatic carbocycles. The molecule has 6 nitrogen and oxygen atoms in total. The number of hydrogen-bond acceptors (Lipinski definition) is 6. The number of rotatable bonds is 4. The third-order valence-corrected chi connectivity index (χ3v) is 7.44. The molecule has 3 heterocycles. The van der Waals surface area contributed by atoms with Gasteiger partial charge in [0, 0.05) is 17.7 Å². The van der Waals surface area contributed by atoms with Gasteiger partial charge in [0.15, 0.2) is 0 Å². The van der Waals surface area contributed by atoms with Crippen molar-refractivity contribution in [2.75, 3.05) is 10.6 Å². The average molecular weight is 398 g/mol. The first-order valence-electron chi connectivity index (χ1n) is 10.5. The van der Waals surface area contributed by atoms with E-state index in [2.05, 4.69) is 32.0 Å². The molecule has 0 saturated heterocycles. The normalized spacial score (nSPS) is 21.4. The van der Waals surface area contributed by atoms with Gasteiger partial charge in [0.2, 0.25) is 0 Å². The van der Waals surface area contributed by atoms with E-state index >= 15 is 0 Å². The minimum Gasteiger partial charge on any atom is -0.367 e. The minimum absolute atomic E-state index is 0.0808. The summed E-state index contributed by atoms with van der Waals surface area (Å²) in [6.45, 7) is 0. The van der Waals surface area contributed by atoms with Crippen LogP contribution in [0.25, 0.3) is 0 Å². The van der Waals surface area contributed by atoms with Crippen molar-refractivity contribution in [2.24, 2.45) is 0 Å². The minimum atomic E-state index is -0.138. The Kier molecular flexibility index (Phi) is 4.70. The fraction of sp³-hybridized carbons (Fsp3) is 0.571. The Balaban J connectivity index is 1.33. The Morgan fingerprint density at radius 2 is 1.75 bits per heavy atom. The summed E-state index contributed by atoms with van der Waals surface area (Å²) in [7, 11) is 0. The zero-order chi connectivity index (χ0) is 19.0. The standard InChI is InChI=1S/C21H27N5OS/c27-20-19-15(21(26-20)9-5-2-6-10-21)11-18(28-19)25-17-12-16(22-13-23-17)24-14-7-3-1-4-8-14/h11-14H,1-10H2,(H,26,27)(H2,22,23,24,25). The molecule has 3 aliphatic rings. The predicted octanol–water partition coefficient (Wildman–Crippen LogP) is 4.93. The van der Waals surface area contributed by atoms with Gasteiger partial charge in [-0.2, -0.15) is 0 Å². The molecule has 7 heteroatoms. The number of aromatic nitrogens is 2. The molecule has 0 atom stereocenters. The lowest BCUT2D eigenvalue weighted by molar-refractivity contribution is 0.0912. The molecule has 28 heavy (non-hydrogen) atoms. The van der Waals surface area contributed by atoms with Gasteiger partial charge in [0.05, 0.1) is 15.4 Å². The molecule has 2 fully saturated rings. The van der Waals surface area contributed by atoms with Crippen LogP contribution >= 0.6 is 11.3 Å². The van der Waals surface area contributed by atoms with E-state index in [-0.39, 0.29) is 11.4 Å². The van der Waals surface area contributed by atoms with Crippen LogP contribution in [0.4, 0.5) is 16.6 Å². The predicted molar refractivity (Wildman–Crippen MR) is 112 cm³/mol. The van der Waals surface area contributed by atoms with Gasteiger partial charge in [0.1, 0.15) is 18.0 Å². The van der Waals surface area contributed by atoms with Crippen LogP contribution in [-0.2, 0) is 5.54 Å². The number of fused-ring (bicyclic) bond motifs is 2. The van der Waals surface area contributed by atoms with Crippen LogP contribution in [-0.4, -0.2) is 21.9 Å². The molecule has 2 aromatic rings. The van der Waals surface area contributed by atoms with Gasteiger partial charge in [-0.25, -0.2) is 9.97 Å². The summed E-state index contributed by atoms with van der Waals surface area (Å²) in [5, 5.41) is 11.2. The lowest BCUT2D eigenvalue weighted by Gasteiger charge is -2.33. The second-order valence-corrected chi connectivity index (χ2v) is 9.40. The SMILES string of the molecule is O=C1NC2(CCCCC2)c2cc(Nc3cc(NC4CCCCC4)ncn3)sc21. The van der Waals surface area contributed by atoms with Crippen molar-refractivity contribution in [2.45, 2.75) is 75.8 Å². The largest absolute Gasteiger partial charge is 0.367 e. The maximum atomic E-state index is 12.5. The van der Waals surface area contributed by atoms with Gasteiger partial charge in [-0.1, -0.05) is 38.5 Å². The van der Waals surface area contributed by atoms with Crippen LogP contribution in [0.5, 0.6) is 0 Å². The molecule has 0 bridgehead atoms. The van der Waals surface area contributed by atoms with Crippen LogP contribution in [0.15, 0.2) is 18.5 Å². The summed E-state index contributed by atoms with van der Waals surface area (Å²) in [6, 6.07) is 4.63. The first-order chi connectivity index (χ1) is 13.7. The number of hydrogen-bond donors (Lipinski definition) is 3. The molecule has 2 aromatic heterocycles. The van der Waals surface area contributed by atoms with Crippen LogP contribution < -0.4 is 16.0 Å². The number of anilines is 3. The lowest BCUT2D eigenvalue weighted by Crippen LogP contribution is -2.40. The summed E-state index contributed by atoms with van der Waals surface area (Å²) in [5.74, 6) is 1.72. The quantitative estimate of drug-likeness (QED) is 0.682. The summed E-state index contributed by atoms with van der Waals surface area (Å²) in [4.78, 5) is 22.1. The molecule has 1 aliphatic heterocycles. The van der Waals surface area contributed by atoms with Crippen molar-refractivity contribution in [1.29, 1.82) is 0 Å². The third kappa shape index (κ3) is 3.36. The Morgan fingerprint density at radius 1 is 1.00 bits per heavy atom. The van der Waals surface area contributed by atoms with Gasteiger partial charge >= 0.3 is 0 Å². The van der Waals surface area contributed by atoms with Crippen LogP contribution in [0.3, 0.4) is 0 Å².